The molecule has 25 heavy (non-hydrogen) atoms. The molecule has 1 N–H and O–H groups in total. The minimum atomic E-state index is -1.71. The Morgan fingerprint density at radius 1 is 1.08 bits per heavy atom. The van der Waals surface area contributed by atoms with Crippen LogP contribution in [0.15, 0.2) is 66.4 Å². The van der Waals surface area contributed by atoms with Crippen LogP contribution in [0.2, 0.25) is 0 Å². The average molecular weight is 338 g/mol. The number of carbonyl (C=O) groups is 2. The van der Waals surface area contributed by atoms with E-state index in [1.807, 2.05) is 36.4 Å². The Morgan fingerprint density at radius 3 is 2.28 bits per heavy atom. The van der Waals surface area contributed by atoms with Crippen LogP contribution in [-0.2, 0) is 25.5 Å². The van der Waals surface area contributed by atoms with Gasteiger partial charge in [0.25, 0.3) is 0 Å². The van der Waals surface area contributed by atoms with Crippen LogP contribution in [0, 0.1) is 0 Å². The molecule has 0 aromatic heterocycles. The quantitative estimate of drug-likeness (QED) is 0.848. The molecule has 0 saturated carbocycles. The summed E-state index contributed by atoms with van der Waals surface area (Å²) >= 11 is 0. The predicted molar refractivity (Wildman–Crippen MR) is 91.6 cm³/mol. The van der Waals surface area contributed by atoms with Crippen LogP contribution in [-0.4, -0.2) is 29.3 Å². The fourth-order valence-corrected chi connectivity index (χ4v) is 3.00. The van der Waals surface area contributed by atoms with Crippen LogP contribution in [0.3, 0.4) is 0 Å². The number of esters is 2. The summed E-state index contributed by atoms with van der Waals surface area (Å²) in [6, 6.07) is 17.9. The zero-order valence-electron chi connectivity index (χ0n) is 13.8. The van der Waals surface area contributed by atoms with Gasteiger partial charge in [-0.2, -0.15) is 0 Å². The first kappa shape index (κ1) is 16.8. The standard InChI is InChI=1S/C20H18O5/c1-2-24-19(23)20(13-14-9-5-3-6-10-14)16(17(21)18(22)25-20)15-11-7-4-8-12-15/h3-12,21H,2,13H2,1H3/t20-/m1/s1. The molecule has 0 amide bonds. The van der Waals surface area contributed by atoms with Crippen molar-refractivity contribution in [2.75, 3.05) is 6.61 Å². The minimum absolute atomic E-state index is 0.0761. The number of ether oxygens (including phenoxy) is 2. The van der Waals surface area contributed by atoms with Crippen molar-refractivity contribution in [3.05, 3.63) is 77.5 Å². The maximum absolute atomic E-state index is 12.8. The molecule has 0 fully saturated rings. The second kappa shape index (κ2) is 6.81. The summed E-state index contributed by atoms with van der Waals surface area (Å²) < 4.78 is 10.6. The van der Waals surface area contributed by atoms with Gasteiger partial charge < -0.3 is 14.6 Å². The summed E-state index contributed by atoms with van der Waals surface area (Å²) in [5.41, 5.74) is -0.249. The molecule has 1 heterocycles. The molecule has 1 atom stereocenters. The van der Waals surface area contributed by atoms with Gasteiger partial charge in [0.2, 0.25) is 11.4 Å². The number of cyclic esters (lactones) is 1. The lowest BCUT2D eigenvalue weighted by Gasteiger charge is -2.28. The van der Waals surface area contributed by atoms with Crippen molar-refractivity contribution in [1.29, 1.82) is 0 Å². The maximum Gasteiger partial charge on any atom is 0.375 e. The van der Waals surface area contributed by atoms with Crippen molar-refractivity contribution in [1.82, 2.24) is 0 Å². The lowest BCUT2D eigenvalue weighted by Crippen LogP contribution is -2.44. The van der Waals surface area contributed by atoms with Crippen molar-refractivity contribution < 1.29 is 24.2 Å². The van der Waals surface area contributed by atoms with Crippen molar-refractivity contribution in [2.45, 2.75) is 18.9 Å². The number of rotatable bonds is 5. The Labute approximate surface area is 145 Å². The van der Waals surface area contributed by atoms with Gasteiger partial charge in [0, 0.05) is 6.42 Å². The van der Waals surface area contributed by atoms with Crippen LogP contribution in [0.25, 0.3) is 5.57 Å². The second-order valence-corrected chi connectivity index (χ2v) is 5.69. The van der Waals surface area contributed by atoms with Crippen LogP contribution >= 0.6 is 0 Å². The monoisotopic (exact) mass is 338 g/mol. The van der Waals surface area contributed by atoms with Gasteiger partial charge in [0.05, 0.1) is 12.2 Å². The molecular weight excluding hydrogens is 320 g/mol. The Kier molecular flexibility index (Phi) is 4.57. The highest BCUT2D eigenvalue weighted by Gasteiger charge is 2.55. The van der Waals surface area contributed by atoms with Gasteiger partial charge in [0.1, 0.15) is 0 Å². The van der Waals surface area contributed by atoms with Crippen LogP contribution in [0.5, 0.6) is 0 Å². The summed E-state index contributed by atoms with van der Waals surface area (Å²) in [5.74, 6) is -2.19. The average Bonchev–Trinajstić information content (AvgIpc) is 2.88. The number of hydrogen-bond donors (Lipinski definition) is 1. The van der Waals surface area contributed by atoms with E-state index in [0.717, 1.165) is 5.56 Å². The van der Waals surface area contributed by atoms with Gasteiger partial charge in [0.15, 0.2) is 0 Å². The fraction of sp³-hybridized carbons (Fsp3) is 0.200. The summed E-state index contributed by atoms with van der Waals surface area (Å²) in [6.07, 6.45) is 0.0761. The number of aliphatic hydroxyl groups is 1. The summed E-state index contributed by atoms with van der Waals surface area (Å²) in [5, 5.41) is 10.3. The third-order valence-electron chi connectivity index (χ3n) is 4.06. The fourth-order valence-electron chi connectivity index (χ4n) is 3.00. The zero-order chi connectivity index (χ0) is 17.9. The predicted octanol–water partition coefficient (Wildman–Crippen LogP) is 3.06. The van der Waals surface area contributed by atoms with E-state index in [4.69, 9.17) is 9.47 Å². The van der Waals surface area contributed by atoms with E-state index in [9.17, 15) is 14.7 Å². The van der Waals surface area contributed by atoms with Crippen molar-refractivity contribution in [2.24, 2.45) is 0 Å². The van der Waals surface area contributed by atoms with E-state index in [2.05, 4.69) is 0 Å². The van der Waals surface area contributed by atoms with E-state index < -0.39 is 23.3 Å². The van der Waals surface area contributed by atoms with Crippen LogP contribution in [0.4, 0.5) is 0 Å². The normalized spacial score (nSPS) is 19.6. The second-order valence-electron chi connectivity index (χ2n) is 5.69. The highest BCUT2D eigenvalue weighted by atomic mass is 16.6. The number of aliphatic hydroxyl groups excluding tert-OH is 1. The molecule has 0 bridgehead atoms. The van der Waals surface area contributed by atoms with Gasteiger partial charge in [-0.1, -0.05) is 60.7 Å². The molecule has 5 nitrogen and oxygen atoms in total. The summed E-state index contributed by atoms with van der Waals surface area (Å²) in [4.78, 5) is 24.9. The Bertz CT molecular complexity index is 810. The topological polar surface area (TPSA) is 72.8 Å². The highest BCUT2D eigenvalue weighted by Crippen LogP contribution is 2.42. The molecule has 0 saturated heterocycles. The molecule has 0 unspecified atom stereocenters. The molecule has 0 radical (unpaired) electrons. The maximum atomic E-state index is 12.8. The Hall–Kier alpha value is -3.08. The largest absolute Gasteiger partial charge is 0.502 e. The molecule has 128 valence electrons. The molecular formula is C20H18O5. The minimum Gasteiger partial charge on any atom is -0.502 e. The van der Waals surface area contributed by atoms with Gasteiger partial charge in [-0.05, 0) is 18.1 Å². The third-order valence-corrected chi connectivity index (χ3v) is 4.06. The van der Waals surface area contributed by atoms with Gasteiger partial charge in [-0.15, -0.1) is 0 Å². The lowest BCUT2D eigenvalue weighted by molar-refractivity contribution is -0.171. The Balaban J connectivity index is 2.16. The molecule has 0 spiro atoms. The van der Waals surface area contributed by atoms with E-state index in [1.54, 1.807) is 31.2 Å². The first-order valence-electron chi connectivity index (χ1n) is 8.02. The Morgan fingerprint density at radius 2 is 1.68 bits per heavy atom. The molecule has 5 heteroatoms. The van der Waals surface area contributed by atoms with E-state index in [0.29, 0.717) is 5.56 Å². The molecule has 2 aromatic rings. The third kappa shape index (κ3) is 3.01. The smallest absolute Gasteiger partial charge is 0.375 e. The van der Waals surface area contributed by atoms with E-state index >= 15 is 0 Å². The number of hydrogen-bond acceptors (Lipinski definition) is 5. The molecule has 0 aliphatic carbocycles. The zero-order valence-corrected chi connectivity index (χ0v) is 13.8. The van der Waals surface area contributed by atoms with Crippen LogP contribution < -0.4 is 0 Å². The van der Waals surface area contributed by atoms with Crippen molar-refractivity contribution in [3.63, 3.8) is 0 Å². The highest BCUT2D eigenvalue weighted by molar-refractivity contribution is 6.11. The lowest BCUT2D eigenvalue weighted by atomic mass is 9.83. The molecule has 1 aliphatic heterocycles. The first-order valence-corrected chi connectivity index (χ1v) is 8.02. The van der Waals surface area contributed by atoms with Crippen molar-refractivity contribution >= 4 is 17.5 Å². The van der Waals surface area contributed by atoms with E-state index in [1.165, 1.54) is 0 Å². The number of carbonyl (C=O) groups excluding carboxylic acids is 2. The van der Waals surface area contributed by atoms with E-state index in [-0.39, 0.29) is 18.6 Å². The molecule has 1 aliphatic rings. The molecule has 2 aromatic carbocycles. The van der Waals surface area contributed by atoms with Crippen molar-refractivity contribution in [3.8, 4) is 0 Å². The van der Waals surface area contributed by atoms with Crippen LogP contribution in [0.1, 0.15) is 18.1 Å². The van der Waals surface area contributed by atoms with Gasteiger partial charge in [-0.3, -0.25) is 0 Å². The summed E-state index contributed by atoms with van der Waals surface area (Å²) in [6.45, 7) is 1.81. The number of benzene rings is 2. The molecule has 3 rings (SSSR count). The summed E-state index contributed by atoms with van der Waals surface area (Å²) in [7, 11) is 0. The first-order chi connectivity index (χ1) is 12.1. The van der Waals surface area contributed by atoms with Gasteiger partial charge in [-0.25, -0.2) is 9.59 Å². The van der Waals surface area contributed by atoms with Gasteiger partial charge >= 0.3 is 11.9 Å². The SMILES string of the molecule is CCOC(=O)[C@]1(Cc2ccccc2)OC(=O)C(O)=C1c1ccccc1.